The molecule has 0 aliphatic heterocycles. The second kappa shape index (κ2) is 12.5. The van der Waals surface area contributed by atoms with Crippen LogP contribution >= 0.6 is 0 Å². The van der Waals surface area contributed by atoms with Gasteiger partial charge < -0.3 is 9.47 Å². The maximum atomic E-state index is 2.44. The summed E-state index contributed by atoms with van der Waals surface area (Å²) in [6.45, 7) is 6.90. The number of para-hydroxylation sites is 2. The normalized spacial score (nSPS) is 12.9. The molecule has 1 heterocycles. The number of rotatable bonds is 6. The van der Waals surface area contributed by atoms with Gasteiger partial charge in [0.25, 0.3) is 0 Å². The summed E-state index contributed by atoms with van der Waals surface area (Å²) in [6, 6.07) is 68.9. The number of fused-ring (bicyclic) bond motifs is 6. The van der Waals surface area contributed by atoms with Crippen molar-refractivity contribution in [3.05, 3.63) is 205 Å². The Hall–Kier alpha value is -6.64. The summed E-state index contributed by atoms with van der Waals surface area (Å²) in [5.74, 6) is 0. The van der Waals surface area contributed by atoms with Crippen LogP contribution in [0.4, 0.5) is 17.1 Å². The molecule has 1 aliphatic rings. The molecular formula is C52H40N2. The van der Waals surface area contributed by atoms with Crippen molar-refractivity contribution in [3.8, 4) is 39.1 Å². The van der Waals surface area contributed by atoms with E-state index in [1.807, 2.05) is 0 Å². The highest BCUT2D eigenvalue weighted by atomic mass is 15.1. The van der Waals surface area contributed by atoms with Crippen LogP contribution in [0.25, 0.3) is 60.9 Å². The van der Waals surface area contributed by atoms with Crippen LogP contribution in [0.1, 0.15) is 30.5 Å². The van der Waals surface area contributed by atoms with Gasteiger partial charge in [0.05, 0.1) is 11.0 Å². The smallest absolute Gasteiger partial charge is 0.0547 e. The van der Waals surface area contributed by atoms with Crippen LogP contribution in [-0.2, 0) is 5.41 Å². The summed E-state index contributed by atoms with van der Waals surface area (Å²) in [4.78, 5) is 2.37. The Morgan fingerprint density at radius 3 is 1.76 bits per heavy atom. The van der Waals surface area contributed by atoms with Crippen LogP contribution in [-0.4, -0.2) is 4.57 Å². The molecular weight excluding hydrogens is 653 g/mol. The topological polar surface area (TPSA) is 8.17 Å². The fourth-order valence-electron chi connectivity index (χ4n) is 8.72. The van der Waals surface area contributed by atoms with Crippen LogP contribution in [0.2, 0.25) is 0 Å². The molecule has 0 spiro atoms. The first-order valence-corrected chi connectivity index (χ1v) is 18.9. The molecule has 54 heavy (non-hydrogen) atoms. The molecule has 8 aromatic carbocycles. The van der Waals surface area contributed by atoms with Crippen molar-refractivity contribution < 1.29 is 0 Å². The summed E-state index contributed by atoms with van der Waals surface area (Å²) in [5, 5.41) is 2.54. The van der Waals surface area contributed by atoms with E-state index in [1.165, 1.54) is 77.6 Å². The summed E-state index contributed by atoms with van der Waals surface area (Å²) in [7, 11) is 0. The van der Waals surface area contributed by atoms with Crippen molar-refractivity contribution in [2.75, 3.05) is 4.90 Å². The Morgan fingerprint density at radius 1 is 0.426 bits per heavy atom. The molecule has 0 radical (unpaired) electrons. The summed E-state index contributed by atoms with van der Waals surface area (Å²) in [5.41, 5.74) is 18.4. The molecule has 0 fully saturated rings. The number of aryl methyl sites for hydroxylation is 1. The fraction of sp³-hybridized carbons (Fsp3) is 0.0769. The molecule has 0 saturated heterocycles. The highest BCUT2D eigenvalue weighted by molar-refractivity contribution is 6.16. The molecule has 1 aromatic heterocycles. The van der Waals surface area contributed by atoms with Gasteiger partial charge in [0, 0.05) is 38.9 Å². The fourth-order valence-corrected chi connectivity index (χ4v) is 8.72. The molecule has 0 bridgehead atoms. The van der Waals surface area contributed by atoms with Crippen LogP contribution < -0.4 is 4.90 Å². The summed E-state index contributed by atoms with van der Waals surface area (Å²) >= 11 is 0. The van der Waals surface area contributed by atoms with Gasteiger partial charge in [-0.3, -0.25) is 0 Å². The lowest BCUT2D eigenvalue weighted by molar-refractivity contribution is 0.660. The Bertz CT molecular complexity index is 2830. The molecule has 258 valence electrons. The van der Waals surface area contributed by atoms with Crippen molar-refractivity contribution in [2.45, 2.75) is 26.2 Å². The van der Waals surface area contributed by atoms with E-state index in [9.17, 15) is 0 Å². The zero-order valence-electron chi connectivity index (χ0n) is 30.8. The molecule has 2 nitrogen and oxygen atoms in total. The van der Waals surface area contributed by atoms with Crippen LogP contribution in [0.5, 0.6) is 0 Å². The van der Waals surface area contributed by atoms with Crippen molar-refractivity contribution in [1.82, 2.24) is 4.57 Å². The number of benzene rings is 8. The average Bonchev–Trinajstić information content (AvgIpc) is 3.67. The number of anilines is 3. The second-order valence-corrected chi connectivity index (χ2v) is 15.1. The Kier molecular flexibility index (Phi) is 7.42. The van der Waals surface area contributed by atoms with E-state index in [0.29, 0.717) is 0 Å². The minimum absolute atomic E-state index is 0.181. The average molecular weight is 693 g/mol. The van der Waals surface area contributed by atoms with Crippen molar-refractivity contribution in [2.24, 2.45) is 0 Å². The molecule has 9 aromatic rings. The van der Waals surface area contributed by atoms with E-state index in [1.54, 1.807) is 0 Å². The SMILES string of the molecule is Cc1ccc(N(c2ccccc2)c2ccc3c(c2)C(C)(C)c2cc(-c4ccc5c6c(-c7ccccc7)cccc6n(-c6ccccc6)c5c4)ccc2-3)cc1. The van der Waals surface area contributed by atoms with Gasteiger partial charge in [-0.2, -0.15) is 0 Å². The number of aromatic nitrogens is 1. The molecule has 0 atom stereocenters. The first-order chi connectivity index (χ1) is 26.5. The molecule has 10 rings (SSSR count). The van der Waals surface area contributed by atoms with Crippen LogP contribution in [0, 0.1) is 6.92 Å². The maximum absolute atomic E-state index is 2.44. The van der Waals surface area contributed by atoms with Gasteiger partial charge in [0.15, 0.2) is 0 Å². The lowest BCUT2D eigenvalue weighted by Crippen LogP contribution is -2.16. The zero-order valence-corrected chi connectivity index (χ0v) is 30.8. The van der Waals surface area contributed by atoms with Gasteiger partial charge in [-0.15, -0.1) is 0 Å². The Labute approximate surface area is 317 Å². The zero-order chi connectivity index (χ0) is 36.4. The lowest BCUT2D eigenvalue weighted by Gasteiger charge is -2.28. The minimum atomic E-state index is -0.181. The maximum Gasteiger partial charge on any atom is 0.0547 e. The summed E-state index contributed by atoms with van der Waals surface area (Å²) < 4.78 is 2.43. The molecule has 0 saturated carbocycles. The third-order valence-corrected chi connectivity index (χ3v) is 11.4. The highest BCUT2D eigenvalue weighted by Gasteiger charge is 2.36. The lowest BCUT2D eigenvalue weighted by atomic mass is 9.81. The van der Waals surface area contributed by atoms with Gasteiger partial charge in [0.2, 0.25) is 0 Å². The number of hydrogen-bond donors (Lipinski definition) is 0. The molecule has 0 amide bonds. The standard InChI is InChI=1S/C52H40N2/c1-35-22-26-41(27-23-35)53(39-16-9-5-10-17-39)42-28-31-45-44-29-24-37(32-47(44)52(2,3)48(45)34-42)38-25-30-46-50(33-38)54(40-18-11-6-12-19-40)49-21-13-20-43(51(46)49)36-14-7-4-8-15-36/h4-34H,1-3H3. The van der Waals surface area contributed by atoms with Crippen molar-refractivity contribution in [3.63, 3.8) is 0 Å². The highest BCUT2D eigenvalue weighted by Crippen LogP contribution is 2.52. The quantitative estimate of drug-likeness (QED) is 0.168. The molecule has 2 heteroatoms. The summed E-state index contributed by atoms with van der Waals surface area (Å²) in [6.07, 6.45) is 0. The predicted molar refractivity (Wildman–Crippen MR) is 229 cm³/mol. The molecule has 0 unspecified atom stereocenters. The van der Waals surface area contributed by atoms with Gasteiger partial charge in [-0.05, 0) is 118 Å². The largest absolute Gasteiger partial charge is 0.310 e. The van der Waals surface area contributed by atoms with E-state index < -0.39 is 0 Å². The van der Waals surface area contributed by atoms with Gasteiger partial charge in [-0.25, -0.2) is 0 Å². The van der Waals surface area contributed by atoms with E-state index in [4.69, 9.17) is 0 Å². The molecule has 0 N–H and O–H groups in total. The second-order valence-electron chi connectivity index (χ2n) is 15.1. The first-order valence-electron chi connectivity index (χ1n) is 18.9. The Balaban J connectivity index is 1.10. The van der Waals surface area contributed by atoms with E-state index in [0.717, 1.165) is 17.1 Å². The predicted octanol–water partition coefficient (Wildman–Crippen LogP) is 14.2. The van der Waals surface area contributed by atoms with Gasteiger partial charge in [0.1, 0.15) is 0 Å². The van der Waals surface area contributed by atoms with Gasteiger partial charge >= 0.3 is 0 Å². The van der Waals surface area contributed by atoms with Gasteiger partial charge in [-0.1, -0.05) is 141 Å². The Morgan fingerprint density at radius 2 is 1.02 bits per heavy atom. The monoisotopic (exact) mass is 692 g/mol. The van der Waals surface area contributed by atoms with Crippen LogP contribution in [0.3, 0.4) is 0 Å². The van der Waals surface area contributed by atoms with Crippen molar-refractivity contribution in [1.29, 1.82) is 0 Å². The molecule has 1 aliphatic carbocycles. The third-order valence-electron chi connectivity index (χ3n) is 11.4. The van der Waals surface area contributed by atoms with Crippen molar-refractivity contribution >= 4 is 38.9 Å². The first kappa shape index (κ1) is 32.0. The van der Waals surface area contributed by atoms with E-state index in [-0.39, 0.29) is 5.41 Å². The third kappa shape index (κ3) is 5.09. The van der Waals surface area contributed by atoms with E-state index in [2.05, 4.69) is 218 Å². The number of nitrogens with zero attached hydrogens (tertiary/aromatic N) is 2. The van der Waals surface area contributed by atoms with Crippen LogP contribution in [0.15, 0.2) is 188 Å². The number of hydrogen-bond acceptors (Lipinski definition) is 1. The minimum Gasteiger partial charge on any atom is -0.310 e. The van der Waals surface area contributed by atoms with E-state index >= 15 is 0 Å².